The number of esters is 1. The fourth-order valence-electron chi connectivity index (χ4n) is 2.46. The van der Waals surface area contributed by atoms with Crippen molar-refractivity contribution >= 4 is 24.1 Å². The summed E-state index contributed by atoms with van der Waals surface area (Å²) in [5.74, 6) is -1.45. The SMILES string of the molecule is CNC(=O)C(C)CC[C@@H](C(=O)OC(C)(C)C)N(C(=O)OC(C)(C)C)C(=O)OC(C)(C)C. The van der Waals surface area contributed by atoms with Crippen LogP contribution in [0.5, 0.6) is 0 Å². The summed E-state index contributed by atoms with van der Waals surface area (Å²) < 4.78 is 16.2. The Labute approximate surface area is 186 Å². The molecule has 0 saturated heterocycles. The van der Waals surface area contributed by atoms with Crippen molar-refractivity contribution in [2.75, 3.05) is 7.05 Å². The van der Waals surface area contributed by atoms with Gasteiger partial charge in [-0.15, -0.1) is 0 Å². The molecule has 0 bridgehead atoms. The van der Waals surface area contributed by atoms with Crippen LogP contribution in [-0.4, -0.2) is 58.9 Å². The molecule has 0 aliphatic rings. The molecule has 0 radical (unpaired) electrons. The molecule has 0 heterocycles. The lowest BCUT2D eigenvalue weighted by molar-refractivity contribution is -0.161. The number of hydrogen-bond donors (Lipinski definition) is 1. The topological polar surface area (TPSA) is 111 Å². The van der Waals surface area contributed by atoms with Gasteiger partial charge in [-0.05, 0) is 75.2 Å². The van der Waals surface area contributed by atoms with Crippen LogP contribution in [0.25, 0.3) is 0 Å². The highest BCUT2D eigenvalue weighted by atomic mass is 16.6. The fourth-order valence-corrected chi connectivity index (χ4v) is 2.46. The van der Waals surface area contributed by atoms with Crippen molar-refractivity contribution in [3.05, 3.63) is 0 Å². The molecule has 3 amide bonds. The van der Waals surface area contributed by atoms with Gasteiger partial charge in [-0.1, -0.05) is 6.92 Å². The zero-order valence-corrected chi connectivity index (χ0v) is 20.9. The Bertz CT molecular complexity index is 626. The molecule has 0 spiro atoms. The molecule has 0 saturated carbocycles. The number of nitrogens with zero attached hydrogens (tertiary/aromatic N) is 1. The number of rotatable bonds is 6. The first-order valence-corrected chi connectivity index (χ1v) is 10.5. The van der Waals surface area contributed by atoms with E-state index in [-0.39, 0.29) is 18.7 Å². The first kappa shape index (κ1) is 28.7. The molecule has 0 aliphatic heterocycles. The molecule has 180 valence electrons. The molecule has 9 heteroatoms. The van der Waals surface area contributed by atoms with Crippen LogP contribution in [0.1, 0.15) is 82.1 Å². The van der Waals surface area contributed by atoms with Crippen LogP contribution in [0.15, 0.2) is 0 Å². The Hall–Kier alpha value is -2.32. The monoisotopic (exact) mass is 444 g/mol. The number of carbonyl (C=O) groups excluding carboxylic acids is 4. The average Bonchev–Trinajstić information content (AvgIpc) is 2.51. The highest BCUT2D eigenvalue weighted by Gasteiger charge is 2.42. The molecule has 31 heavy (non-hydrogen) atoms. The van der Waals surface area contributed by atoms with Crippen molar-refractivity contribution in [3.63, 3.8) is 0 Å². The normalized spacial score (nSPS) is 14.2. The minimum Gasteiger partial charge on any atom is -0.458 e. The Balaban J connectivity index is 6.13. The summed E-state index contributed by atoms with van der Waals surface area (Å²) in [4.78, 5) is 51.5. The minimum atomic E-state index is -1.32. The van der Waals surface area contributed by atoms with E-state index in [0.29, 0.717) is 4.90 Å². The summed E-state index contributed by atoms with van der Waals surface area (Å²) in [6, 6.07) is -1.32. The summed E-state index contributed by atoms with van der Waals surface area (Å²) in [5.41, 5.74) is -2.67. The number of ether oxygens (including phenoxy) is 3. The molecular weight excluding hydrogens is 404 g/mol. The molecular formula is C22H40N2O7. The second kappa shape index (κ2) is 10.8. The molecule has 0 aromatic heterocycles. The third kappa shape index (κ3) is 11.6. The quantitative estimate of drug-likeness (QED) is 0.486. The molecule has 0 rings (SSSR count). The molecule has 2 atom stereocenters. The van der Waals surface area contributed by atoms with E-state index in [0.717, 1.165) is 0 Å². The van der Waals surface area contributed by atoms with E-state index in [9.17, 15) is 19.2 Å². The zero-order valence-electron chi connectivity index (χ0n) is 20.9. The van der Waals surface area contributed by atoms with Crippen LogP contribution < -0.4 is 5.32 Å². The van der Waals surface area contributed by atoms with Gasteiger partial charge in [0.2, 0.25) is 5.91 Å². The Morgan fingerprint density at radius 3 is 1.45 bits per heavy atom. The van der Waals surface area contributed by atoms with Crippen molar-refractivity contribution in [2.24, 2.45) is 5.92 Å². The van der Waals surface area contributed by atoms with E-state index in [2.05, 4.69) is 5.32 Å². The van der Waals surface area contributed by atoms with E-state index in [1.54, 1.807) is 69.2 Å². The number of carbonyl (C=O) groups is 4. The fraction of sp³-hybridized carbons (Fsp3) is 0.818. The molecule has 1 N–H and O–H groups in total. The first-order valence-electron chi connectivity index (χ1n) is 10.5. The van der Waals surface area contributed by atoms with E-state index < -0.39 is 46.9 Å². The van der Waals surface area contributed by atoms with Gasteiger partial charge in [0, 0.05) is 13.0 Å². The van der Waals surface area contributed by atoms with Crippen molar-refractivity contribution in [2.45, 2.75) is 105 Å². The second-order valence-electron chi connectivity index (χ2n) is 10.5. The van der Waals surface area contributed by atoms with Crippen LogP contribution in [0.4, 0.5) is 9.59 Å². The van der Waals surface area contributed by atoms with Crippen LogP contribution in [0.2, 0.25) is 0 Å². The van der Waals surface area contributed by atoms with Gasteiger partial charge < -0.3 is 19.5 Å². The third-order valence-electron chi connectivity index (χ3n) is 3.74. The van der Waals surface area contributed by atoms with Gasteiger partial charge in [0.25, 0.3) is 0 Å². The zero-order chi connectivity index (χ0) is 24.8. The van der Waals surface area contributed by atoms with E-state index in [4.69, 9.17) is 14.2 Å². The van der Waals surface area contributed by atoms with Crippen molar-refractivity contribution in [1.29, 1.82) is 0 Å². The summed E-state index contributed by atoms with van der Waals surface area (Å²) in [6.07, 6.45) is -1.82. The first-order chi connectivity index (χ1) is 13.8. The summed E-state index contributed by atoms with van der Waals surface area (Å²) in [7, 11) is 1.51. The lowest BCUT2D eigenvalue weighted by Crippen LogP contribution is -2.53. The van der Waals surface area contributed by atoms with Crippen LogP contribution in [0, 0.1) is 5.92 Å². The van der Waals surface area contributed by atoms with E-state index in [1.807, 2.05) is 0 Å². The molecule has 0 fully saturated rings. The number of imide groups is 1. The Morgan fingerprint density at radius 1 is 0.742 bits per heavy atom. The summed E-state index contributed by atoms with van der Waals surface area (Å²) >= 11 is 0. The van der Waals surface area contributed by atoms with Gasteiger partial charge >= 0.3 is 18.2 Å². The molecule has 9 nitrogen and oxygen atoms in total. The molecule has 0 aliphatic carbocycles. The maximum Gasteiger partial charge on any atom is 0.420 e. The number of amides is 3. The summed E-state index contributed by atoms with van der Waals surface area (Å²) in [5, 5.41) is 2.54. The third-order valence-corrected chi connectivity index (χ3v) is 3.74. The van der Waals surface area contributed by atoms with Crippen LogP contribution in [0.3, 0.4) is 0 Å². The minimum absolute atomic E-state index is 0.00197. The van der Waals surface area contributed by atoms with Gasteiger partial charge in [0.15, 0.2) is 0 Å². The molecule has 1 unspecified atom stereocenters. The maximum atomic E-state index is 13.0. The van der Waals surface area contributed by atoms with Crippen LogP contribution in [-0.2, 0) is 23.8 Å². The molecule has 0 aromatic rings. The van der Waals surface area contributed by atoms with Crippen molar-refractivity contribution < 1.29 is 33.4 Å². The lowest BCUT2D eigenvalue weighted by atomic mass is 10.00. The maximum absolute atomic E-state index is 13.0. The van der Waals surface area contributed by atoms with E-state index in [1.165, 1.54) is 7.05 Å². The average molecular weight is 445 g/mol. The van der Waals surface area contributed by atoms with Crippen molar-refractivity contribution in [3.8, 4) is 0 Å². The van der Waals surface area contributed by atoms with Gasteiger partial charge in [-0.25, -0.2) is 14.4 Å². The van der Waals surface area contributed by atoms with Gasteiger partial charge in [0.05, 0.1) is 0 Å². The Morgan fingerprint density at radius 2 is 1.13 bits per heavy atom. The number of nitrogens with one attached hydrogen (secondary N) is 1. The second-order valence-corrected chi connectivity index (χ2v) is 10.5. The van der Waals surface area contributed by atoms with Gasteiger partial charge in [-0.2, -0.15) is 4.90 Å². The predicted octanol–water partition coefficient (Wildman–Crippen LogP) is 4.03. The number of hydrogen-bond acceptors (Lipinski definition) is 7. The van der Waals surface area contributed by atoms with E-state index >= 15 is 0 Å². The summed E-state index contributed by atoms with van der Waals surface area (Å²) in [6.45, 7) is 16.6. The highest BCUT2D eigenvalue weighted by Crippen LogP contribution is 2.23. The Kier molecular flexibility index (Phi) is 10.0. The largest absolute Gasteiger partial charge is 0.458 e. The predicted molar refractivity (Wildman–Crippen MR) is 116 cm³/mol. The lowest BCUT2D eigenvalue weighted by Gasteiger charge is -2.34. The van der Waals surface area contributed by atoms with Gasteiger partial charge in [0.1, 0.15) is 22.8 Å². The van der Waals surface area contributed by atoms with Crippen LogP contribution >= 0.6 is 0 Å². The standard InChI is InChI=1S/C22H40N2O7/c1-14(16(25)23-11)12-13-15(17(26)29-20(2,3)4)24(18(27)30-21(5,6)7)19(28)31-22(8,9)10/h14-15H,12-13H2,1-11H3,(H,23,25)/t14?,15-/m0/s1. The molecule has 0 aromatic carbocycles. The smallest absolute Gasteiger partial charge is 0.420 e. The highest BCUT2D eigenvalue weighted by molar-refractivity contribution is 5.94. The van der Waals surface area contributed by atoms with Gasteiger partial charge in [-0.3, -0.25) is 4.79 Å². The van der Waals surface area contributed by atoms with Crippen molar-refractivity contribution in [1.82, 2.24) is 10.2 Å².